The van der Waals surface area contributed by atoms with E-state index in [4.69, 9.17) is 0 Å². The number of anilines is 1. The zero-order valence-corrected chi connectivity index (χ0v) is 23.7. The number of aromatic nitrogens is 1. The lowest BCUT2D eigenvalue weighted by atomic mass is 10.2. The molecular weight excluding hydrogens is 544 g/mol. The Hall–Kier alpha value is -2.99. The van der Waals surface area contributed by atoms with Gasteiger partial charge in [0.15, 0.2) is 0 Å². The summed E-state index contributed by atoms with van der Waals surface area (Å²) in [5.41, 5.74) is 0.808. The van der Waals surface area contributed by atoms with Crippen LogP contribution in [0, 0.1) is 5.82 Å². The van der Waals surface area contributed by atoms with Gasteiger partial charge in [0, 0.05) is 23.5 Å². The Bertz CT molecular complexity index is 1490. The van der Waals surface area contributed by atoms with E-state index in [9.17, 15) is 17.6 Å². The zero-order chi connectivity index (χ0) is 27.1. The summed E-state index contributed by atoms with van der Waals surface area (Å²) in [6.45, 7) is 4.98. The Balaban J connectivity index is 1.64. The number of thiophene rings is 1. The van der Waals surface area contributed by atoms with Gasteiger partial charge in [-0.2, -0.15) is 14.4 Å². The third-order valence-electron chi connectivity index (χ3n) is 5.82. The number of halogens is 1. The van der Waals surface area contributed by atoms with Crippen molar-refractivity contribution in [2.75, 3.05) is 18.1 Å². The van der Waals surface area contributed by atoms with E-state index in [0.29, 0.717) is 23.3 Å². The Morgan fingerprint density at radius 1 is 1.05 bits per heavy atom. The average molecular weight is 573 g/mol. The van der Waals surface area contributed by atoms with Crippen molar-refractivity contribution in [3.8, 4) is 0 Å². The number of thiazole rings is 1. The smallest absolute Gasteiger partial charge is 0.267 e. The number of nitrogens with zero attached hydrogens (tertiary/aromatic N) is 4. The molecule has 0 fully saturated rings. The number of carbonyl (C=O) groups excluding carboxylic acids is 1. The maximum absolute atomic E-state index is 13.8. The molecule has 2 aromatic heterocycles. The first-order valence-corrected chi connectivity index (χ1v) is 15.6. The largest absolute Gasteiger partial charge is 0.280 e. The van der Waals surface area contributed by atoms with Crippen LogP contribution in [0.3, 0.4) is 0 Å². The van der Waals surface area contributed by atoms with Crippen molar-refractivity contribution >= 4 is 60.2 Å². The lowest BCUT2D eigenvalue weighted by Gasteiger charge is -2.22. The molecule has 0 aliphatic carbocycles. The minimum absolute atomic E-state index is 0.144. The first-order chi connectivity index (χ1) is 18.3. The number of amides is 1. The predicted molar refractivity (Wildman–Crippen MR) is 153 cm³/mol. The summed E-state index contributed by atoms with van der Waals surface area (Å²) in [5, 5.41) is 7.74. The highest BCUT2D eigenvalue weighted by molar-refractivity contribution is 7.89. The second-order valence-electron chi connectivity index (χ2n) is 8.62. The molecule has 0 aliphatic heterocycles. The number of rotatable bonds is 12. The number of sulfonamides is 1. The minimum Gasteiger partial charge on any atom is -0.267 e. The van der Waals surface area contributed by atoms with Crippen molar-refractivity contribution in [3.63, 3.8) is 0 Å². The first kappa shape index (κ1) is 28.0. The maximum Gasteiger partial charge on any atom is 0.280 e. The molecule has 0 N–H and O–H groups in total. The van der Waals surface area contributed by atoms with Crippen LogP contribution in [0.1, 0.15) is 54.8 Å². The summed E-state index contributed by atoms with van der Waals surface area (Å²) in [6.07, 6.45) is 4.91. The van der Waals surface area contributed by atoms with E-state index in [2.05, 4.69) is 10.1 Å². The number of fused-ring (bicyclic) bond motifs is 1. The molecule has 1 amide bonds. The van der Waals surface area contributed by atoms with Gasteiger partial charge in [0.05, 0.1) is 21.3 Å². The van der Waals surface area contributed by atoms with Crippen molar-refractivity contribution in [1.82, 2.24) is 9.29 Å². The van der Waals surface area contributed by atoms with Crippen LogP contribution in [-0.2, 0) is 10.0 Å². The molecule has 4 aromatic rings. The molecule has 4 rings (SSSR count). The summed E-state index contributed by atoms with van der Waals surface area (Å²) in [7, 11) is -3.69. The van der Waals surface area contributed by atoms with Gasteiger partial charge < -0.3 is 0 Å². The lowest BCUT2D eigenvalue weighted by Crippen LogP contribution is -2.33. The second kappa shape index (κ2) is 12.7. The normalized spacial score (nSPS) is 12.1. The van der Waals surface area contributed by atoms with E-state index < -0.39 is 21.7 Å². The van der Waals surface area contributed by atoms with E-state index in [1.54, 1.807) is 12.3 Å². The quantitative estimate of drug-likeness (QED) is 0.139. The van der Waals surface area contributed by atoms with Gasteiger partial charge in [0.2, 0.25) is 15.2 Å². The summed E-state index contributed by atoms with van der Waals surface area (Å²) in [4.78, 5) is 19.0. The highest BCUT2D eigenvalue weighted by Gasteiger charge is 2.25. The zero-order valence-electron chi connectivity index (χ0n) is 21.2. The van der Waals surface area contributed by atoms with Crippen LogP contribution in [-0.4, -0.2) is 42.9 Å². The number of unbranched alkanes of at least 4 members (excludes halogenated alkanes) is 2. The van der Waals surface area contributed by atoms with E-state index in [1.807, 2.05) is 31.4 Å². The van der Waals surface area contributed by atoms with E-state index in [1.165, 1.54) is 57.0 Å². The highest BCUT2D eigenvalue weighted by atomic mass is 32.2. The standard InChI is InChI=1S/C27H29FN4O3S3/c1-3-5-15-31(16-6-4-2)38(34,35)23-12-9-20(10-13-23)26(33)32(29-19-22-8-7-17-36-22)27-30-24-14-11-21(28)18-25(24)37-27/h7-14,17-19H,3-6,15-16H2,1-2H3/b29-19+. The number of hydrogen-bond acceptors (Lipinski definition) is 7. The van der Waals surface area contributed by atoms with E-state index in [-0.39, 0.29) is 15.6 Å². The van der Waals surface area contributed by atoms with Crippen LogP contribution in [0.15, 0.2) is 70.0 Å². The molecule has 2 aromatic carbocycles. The number of hydrazone groups is 1. The average Bonchev–Trinajstić information content (AvgIpc) is 3.58. The molecule has 0 atom stereocenters. The van der Waals surface area contributed by atoms with Crippen molar-refractivity contribution in [2.24, 2.45) is 5.10 Å². The third-order valence-corrected chi connectivity index (χ3v) is 9.53. The molecule has 38 heavy (non-hydrogen) atoms. The van der Waals surface area contributed by atoms with Gasteiger partial charge in [-0.05, 0) is 66.8 Å². The molecule has 0 saturated carbocycles. The molecule has 0 saturated heterocycles. The number of hydrogen-bond donors (Lipinski definition) is 0. The fourth-order valence-corrected chi connectivity index (χ4v) is 6.75. The summed E-state index contributed by atoms with van der Waals surface area (Å²) < 4.78 is 42.5. The van der Waals surface area contributed by atoms with Crippen LogP contribution in [0.5, 0.6) is 0 Å². The molecule has 0 bridgehead atoms. The highest BCUT2D eigenvalue weighted by Crippen LogP contribution is 2.31. The maximum atomic E-state index is 13.8. The number of carbonyl (C=O) groups is 1. The van der Waals surface area contributed by atoms with Crippen LogP contribution < -0.4 is 5.01 Å². The van der Waals surface area contributed by atoms with Gasteiger partial charge in [-0.25, -0.2) is 17.8 Å². The van der Waals surface area contributed by atoms with Gasteiger partial charge in [0.1, 0.15) is 5.82 Å². The molecule has 0 radical (unpaired) electrons. The minimum atomic E-state index is -3.69. The van der Waals surface area contributed by atoms with Gasteiger partial charge >= 0.3 is 0 Å². The van der Waals surface area contributed by atoms with E-state index in [0.717, 1.165) is 41.9 Å². The van der Waals surface area contributed by atoms with Gasteiger partial charge in [-0.15, -0.1) is 11.3 Å². The van der Waals surface area contributed by atoms with Crippen LogP contribution in [0.2, 0.25) is 0 Å². The molecule has 0 spiro atoms. The fourth-order valence-electron chi connectivity index (χ4n) is 3.71. The molecule has 0 unspecified atom stereocenters. The fraction of sp³-hybridized carbons (Fsp3) is 0.296. The Kier molecular flexibility index (Phi) is 9.37. The van der Waals surface area contributed by atoms with Crippen LogP contribution in [0.4, 0.5) is 9.52 Å². The summed E-state index contributed by atoms with van der Waals surface area (Å²) in [6, 6.07) is 13.9. The molecule has 200 valence electrons. The topological polar surface area (TPSA) is 82.9 Å². The summed E-state index contributed by atoms with van der Waals surface area (Å²) >= 11 is 2.62. The van der Waals surface area contributed by atoms with Crippen LogP contribution in [0.25, 0.3) is 10.2 Å². The third kappa shape index (κ3) is 6.52. The molecular formula is C27H29FN4O3S3. The first-order valence-electron chi connectivity index (χ1n) is 12.4. The summed E-state index contributed by atoms with van der Waals surface area (Å²) in [5.74, 6) is -0.869. The van der Waals surface area contributed by atoms with Gasteiger partial charge in [-0.1, -0.05) is 44.1 Å². The van der Waals surface area contributed by atoms with Crippen molar-refractivity contribution in [1.29, 1.82) is 0 Å². The lowest BCUT2D eigenvalue weighted by molar-refractivity contribution is 0.0987. The Morgan fingerprint density at radius 2 is 1.76 bits per heavy atom. The number of benzene rings is 2. The molecule has 2 heterocycles. The van der Waals surface area contributed by atoms with Crippen molar-refractivity contribution < 1.29 is 17.6 Å². The molecule has 7 nitrogen and oxygen atoms in total. The van der Waals surface area contributed by atoms with Gasteiger partial charge in [-0.3, -0.25) is 4.79 Å². The SMILES string of the molecule is CCCCN(CCCC)S(=O)(=O)c1ccc(C(=O)N(/N=C/c2cccs2)c2nc3ccc(F)cc3s2)cc1. The predicted octanol–water partition coefficient (Wildman–Crippen LogP) is 6.77. The van der Waals surface area contributed by atoms with Crippen molar-refractivity contribution in [3.05, 3.63) is 76.2 Å². The van der Waals surface area contributed by atoms with E-state index >= 15 is 0 Å². The Labute approximate surface area is 230 Å². The van der Waals surface area contributed by atoms with Crippen LogP contribution >= 0.6 is 22.7 Å². The second-order valence-corrected chi connectivity index (χ2v) is 12.5. The molecule has 0 aliphatic rings. The molecule has 11 heteroatoms. The van der Waals surface area contributed by atoms with Crippen molar-refractivity contribution in [2.45, 2.75) is 44.4 Å². The monoisotopic (exact) mass is 572 g/mol. The van der Waals surface area contributed by atoms with Gasteiger partial charge in [0.25, 0.3) is 5.91 Å². The Morgan fingerprint density at radius 3 is 2.39 bits per heavy atom.